The largest absolute Gasteiger partial charge is 0.395 e. The molecule has 0 aromatic rings. The summed E-state index contributed by atoms with van der Waals surface area (Å²) < 4.78 is 4.91. The molecule has 1 aliphatic rings. The van der Waals surface area contributed by atoms with Gasteiger partial charge in [0.25, 0.3) is 0 Å². The molecule has 0 radical (unpaired) electrons. The predicted octanol–water partition coefficient (Wildman–Crippen LogP) is 0.374. The van der Waals surface area contributed by atoms with Crippen LogP contribution in [0.2, 0.25) is 0 Å². The van der Waals surface area contributed by atoms with E-state index in [1.807, 2.05) is 6.92 Å². The maximum absolute atomic E-state index is 12.0. The topological polar surface area (TPSA) is 61.8 Å². The third kappa shape index (κ3) is 4.55. The standard InChI is InChI=1S/C13H26N2O3/c1-11(13(17)14-7-10-18-2)15(8-9-16)12-5-3-4-6-12/h11-12,16H,3-10H2,1-2H3,(H,14,17). The zero-order chi connectivity index (χ0) is 13.4. The van der Waals surface area contributed by atoms with E-state index < -0.39 is 0 Å². The second kappa shape index (κ2) is 8.45. The van der Waals surface area contributed by atoms with Crippen molar-refractivity contribution in [3.8, 4) is 0 Å². The molecule has 0 saturated heterocycles. The Kier molecular flexibility index (Phi) is 7.23. The van der Waals surface area contributed by atoms with Gasteiger partial charge in [0.05, 0.1) is 19.3 Å². The molecule has 1 aliphatic carbocycles. The van der Waals surface area contributed by atoms with Crippen molar-refractivity contribution in [3.05, 3.63) is 0 Å². The fraction of sp³-hybridized carbons (Fsp3) is 0.923. The molecule has 106 valence electrons. The van der Waals surface area contributed by atoms with Crippen molar-refractivity contribution < 1.29 is 14.6 Å². The summed E-state index contributed by atoms with van der Waals surface area (Å²) in [4.78, 5) is 14.1. The molecule has 5 nitrogen and oxygen atoms in total. The minimum absolute atomic E-state index is 0.0207. The van der Waals surface area contributed by atoms with Crippen molar-refractivity contribution in [2.45, 2.75) is 44.7 Å². The monoisotopic (exact) mass is 258 g/mol. The molecule has 18 heavy (non-hydrogen) atoms. The highest BCUT2D eigenvalue weighted by molar-refractivity contribution is 5.81. The Morgan fingerprint density at radius 3 is 2.72 bits per heavy atom. The highest BCUT2D eigenvalue weighted by Crippen LogP contribution is 2.24. The van der Waals surface area contributed by atoms with Gasteiger partial charge in [-0.1, -0.05) is 12.8 Å². The van der Waals surface area contributed by atoms with Gasteiger partial charge in [-0.05, 0) is 19.8 Å². The van der Waals surface area contributed by atoms with Crippen molar-refractivity contribution in [3.63, 3.8) is 0 Å². The first-order valence-corrected chi connectivity index (χ1v) is 6.84. The molecule has 1 unspecified atom stereocenters. The summed E-state index contributed by atoms with van der Waals surface area (Å²) in [7, 11) is 1.62. The number of aliphatic hydroxyl groups is 1. The average Bonchev–Trinajstić information content (AvgIpc) is 2.89. The first-order valence-electron chi connectivity index (χ1n) is 6.84. The fourth-order valence-corrected chi connectivity index (χ4v) is 2.62. The van der Waals surface area contributed by atoms with Gasteiger partial charge in [0.1, 0.15) is 0 Å². The molecule has 5 heteroatoms. The van der Waals surface area contributed by atoms with Crippen LogP contribution in [-0.2, 0) is 9.53 Å². The molecule has 0 spiro atoms. The third-order valence-electron chi connectivity index (χ3n) is 3.63. The Balaban J connectivity index is 2.46. The molecule has 0 aromatic heterocycles. The number of amides is 1. The number of rotatable bonds is 8. The van der Waals surface area contributed by atoms with Gasteiger partial charge in [-0.15, -0.1) is 0 Å². The first-order chi connectivity index (χ1) is 8.70. The minimum atomic E-state index is -0.183. The third-order valence-corrected chi connectivity index (χ3v) is 3.63. The molecule has 0 heterocycles. The van der Waals surface area contributed by atoms with Crippen LogP contribution in [0.1, 0.15) is 32.6 Å². The molecular weight excluding hydrogens is 232 g/mol. The number of carbonyl (C=O) groups excluding carboxylic acids is 1. The molecule has 2 N–H and O–H groups in total. The van der Waals surface area contributed by atoms with Gasteiger partial charge in [0.15, 0.2) is 0 Å². The number of carbonyl (C=O) groups is 1. The van der Waals surface area contributed by atoms with E-state index in [0.717, 1.165) is 12.8 Å². The van der Waals surface area contributed by atoms with Crippen molar-refractivity contribution in [2.24, 2.45) is 0 Å². The summed E-state index contributed by atoms with van der Waals surface area (Å²) >= 11 is 0. The maximum atomic E-state index is 12.0. The quantitative estimate of drug-likeness (QED) is 0.618. The molecule has 1 saturated carbocycles. The van der Waals surface area contributed by atoms with Crippen LogP contribution in [0.15, 0.2) is 0 Å². The normalized spacial score (nSPS) is 18.2. The van der Waals surface area contributed by atoms with Crippen LogP contribution in [0.5, 0.6) is 0 Å². The molecule has 0 aromatic carbocycles. The van der Waals surface area contributed by atoms with Gasteiger partial charge in [-0.3, -0.25) is 9.69 Å². The second-order valence-corrected chi connectivity index (χ2v) is 4.86. The summed E-state index contributed by atoms with van der Waals surface area (Å²) in [5.41, 5.74) is 0. The summed E-state index contributed by atoms with van der Waals surface area (Å²) in [6.45, 7) is 3.66. The van der Waals surface area contributed by atoms with Crippen LogP contribution < -0.4 is 5.32 Å². The molecule has 1 atom stereocenters. The lowest BCUT2D eigenvalue weighted by atomic mass is 10.1. The highest BCUT2D eigenvalue weighted by atomic mass is 16.5. The van der Waals surface area contributed by atoms with E-state index >= 15 is 0 Å². The molecule has 0 aliphatic heterocycles. The van der Waals surface area contributed by atoms with Crippen molar-refractivity contribution >= 4 is 5.91 Å². The lowest BCUT2D eigenvalue weighted by Crippen LogP contribution is -2.50. The minimum Gasteiger partial charge on any atom is -0.395 e. The van der Waals surface area contributed by atoms with Gasteiger partial charge < -0.3 is 15.2 Å². The zero-order valence-electron chi connectivity index (χ0n) is 11.5. The number of hydrogen-bond acceptors (Lipinski definition) is 4. The van der Waals surface area contributed by atoms with Crippen LogP contribution in [0.25, 0.3) is 0 Å². The Labute approximate surface area is 109 Å². The summed E-state index contributed by atoms with van der Waals surface area (Å²) in [6.07, 6.45) is 4.72. The van der Waals surface area contributed by atoms with Gasteiger partial charge in [-0.2, -0.15) is 0 Å². The Morgan fingerprint density at radius 1 is 1.50 bits per heavy atom. The predicted molar refractivity (Wildman–Crippen MR) is 70.4 cm³/mol. The Morgan fingerprint density at radius 2 is 2.17 bits per heavy atom. The van der Waals surface area contributed by atoms with Crippen molar-refractivity contribution in [1.29, 1.82) is 0 Å². The molecule has 1 fully saturated rings. The van der Waals surface area contributed by atoms with Crippen molar-refractivity contribution in [2.75, 3.05) is 33.4 Å². The first kappa shape index (κ1) is 15.4. The van der Waals surface area contributed by atoms with E-state index in [2.05, 4.69) is 10.2 Å². The van der Waals surface area contributed by atoms with Crippen molar-refractivity contribution in [1.82, 2.24) is 10.2 Å². The van der Waals surface area contributed by atoms with Crippen LogP contribution in [-0.4, -0.2) is 61.4 Å². The van der Waals surface area contributed by atoms with E-state index in [-0.39, 0.29) is 18.6 Å². The number of hydrogen-bond donors (Lipinski definition) is 2. The smallest absolute Gasteiger partial charge is 0.237 e. The molecule has 1 rings (SSSR count). The summed E-state index contributed by atoms with van der Waals surface area (Å²) in [5.74, 6) is 0.0207. The number of ether oxygens (including phenoxy) is 1. The average molecular weight is 258 g/mol. The number of methoxy groups -OCH3 is 1. The number of aliphatic hydroxyl groups excluding tert-OH is 1. The maximum Gasteiger partial charge on any atom is 0.237 e. The molecule has 0 bridgehead atoms. The number of nitrogens with one attached hydrogen (secondary N) is 1. The van der Waals surface area contributed by atoms with Crippen LogP contribution in [0, 0.1) is 0 Å². The Bertz CT molecular complexity index is 242. The lowest BCUT2D eigenvalue weighted by Gasteiger charge is -2.33. The van der Waals surface area contributed by atoms with Gasteiger partial charge in [0, 0.05) is 26.2 Å². The number of nitrogens with zero attached hydrogens (tertiary/aromatic N) is 1. The lowest BCUT2D eigenvalue weighted by molar-refractivity contribution is -0.127. The van der Waals surface area contributed by atoms with E-state index in [4.69, 9.17) is 9.84 Å². The molecule has 1 amide bonds. The van der Waals surface area contributed by atoms with E-state index in [1.165, 1.54) is 12.8 Å². The van der Waals surface area contributed by atoms with Gasteiger partial charge in [-0.25, -0.2) is 0 Å². The zero-order valence-corrected chi connectivity index (χ0v) is 11.5. The van der Waals surface area contributed by atoms with Gasteiger partial charge in [0.2, 0.25) is 5.91 Å². The second-order valence-electron chi connectivity index (χ2n) is 4.86. The van der Waals surface area contributed by atoms with Gasteiger partial charge >= 0.3 is 0 Å². The SMILES string of the molecule is COCCNC(=O)C(C)N(CCO)C1CCCC1. The fourth-order valence-electron chi connectivity index (χ4n) is 2.62. The van der Waals surface area contributed by atoms with E-state index in [1.54, 1.807) is 7.11 Å². The van der Waals surface area contributed by atoms with Crippen LogP contribution in [0.3, 0.4) is 0 Å². The Hall–Kier alpha value is -0.650. The molecular formula is C13H26N2O3. The summed E-state index contributed by atoms with van der Waals surface area (Å²) in [6, 6.07) is 0.262. The van der Waals surface area contributed by atoms with Crippen LogP contribution >= 0.6 is 0 Å². The van der Waals surface area contributed by atoms with E-state index in [0.29, 0.717) is 25.7 Å². The highest BCUT2D eigenvalue weighted by Gasteiger charge is 2.29. The van der Waals surface area contributed by atoms with E-state index in [9.17, 15) is 4.79 Å². The van der Waals surface area contributed by atoms with Crippen LogP contribution in [0.4, 0.5) is 0 Å². The summed E-state index contributed by atoms with van der Waals surface area (Å²) in [5, 5.41) is 12.0.